The molecule has 1 rings (SSSR count). The molecule has 17 heavy (non-hydrogen) atoms. The summed E-state index contributed by atoms with van der Waals surface area (Å²) in [6.45, 7) is 4.06. The molecule has 0 radical (unpaired) electrons. The van der Waals surface area contributed by atoms with Crippen molar-refractivity contribution in [2.24, 2.45) is 5.92 Å². The first-order chi connectivity index (χ1) is 8.11. The zero-order valence-electron chi connectivity index (χ0n) is 10.2. The van der Waals surface area contributed by atoms with Crippen LogP contribution >= 0.6 is 0 Å². The maximum atomic E-state index is 11.5. The number of furan rings is 1. The minimum Gasteiger partial charge on any atom is -0.465 e. The highest BCUT2D eigenvalue weighted by molar-refractivity contribution is 5.91. The van der Waals surface area contributed by atoms with Gasteiger partial charge in [0.25, 0.3) is 0 Å². The van der Waals surface area contributed by atoms with Gasteiger partial charge in [0.2, 0.25) is 5.91 Å². The first-order valence-electron chi connectivity index (χ1n) is 5.74. The van der Waals surface area contributed by atoms with Crippen LogP contribution in [0.2, 0.25) is 0 Å². The molecule has 1 amide bonds. The third kappa shape index (κ3) is 5.36. The summed E-state index contributed by atoms with van der Waals surface area (Å²) in [5.74, 6) is 0.840. The number of hydrogen-bond acceptors (Lipinski definition) is 3. The molecule has 0 saturated heterocycles. The Hall–Kier alpha value is -1.55. The molecule has 0 aliphatic rings. The van der Waals surface area contributed by atoms with E-state index in [1.165, 1.54) is 6.08 Å². The average Bonchev–Trinajstić information content (AvgIpc) is 2.77. The largest absolute Gasteiger partial charge is 0.465 e. The lowest BCUT2D eigenvalue weighted by Crippen LogP contribution is -2.37. The summed E-state index contributed by atoms with van der Waals surface area (Å²) in [5, 5.41) is 11.9. The number of hydrogen-bond donors (Lipinski definition) is 2. The highest BCUT2D eigenvalue weighted by Crippen LogP contribution is 2.05. The molecule has 0 saturated carbocycles. The van der Waals surface area contributed by atoms with Gasteiger partial charge in [0.05, 0.1) is 18.9 Å². The molecular weight excluding hydrogens is 218 g/mol. The fourth-order valence-electron chi connectivity index (χ4n) is 1.54. The van der Waals surface area contributed by atoms with Crippen LogP contribution in [0, 0.1) is 5.92 Å². The number of aliphatic hydroxyl groups is 1. The summed E-state index contributed by atoms with van der Waals surface area (Å²) < 4.78 is 5.06. The normalized spacial score (nSPS) is 13.2. The predicted octanol–water partition coefficient (Wildman–Crippen LogP) is 1.82. The van der Waals surface area contributed by atoms with Gasteiger partial charge >= 0.3 is 0 Å². The molecule has 0 aromatic carbocycles. The molecule has 1 aromatic rings. The lowest BCUT2D eigenvalue weighted by molar-refractivity contribution is -0.117. The van der Waals surface area contributed by atoms with Gasteiger partial charge in [-0.1, -0.05) is 13.8 Å². The molecule has 1 unspecified atom stereocenters. The maximum absolute atomic E-state index is 11.5. The fraction of sp³-hybridized carbons (Fsp3) is 0.462. The minimum atomic E-state index is -0.221. The maximum Gasteiger partial charge on any atom is 0.244 e. The van der Waals surface area contributed by atoms with Crippen LogP contribution in [-0.4, -0.2) is 23.7 Å². The second kappa shape index (κ2) is 6.91. The van der Waals surface area contributed by atoms with Crippen molar-refractivity contribution in [3.63, 3.8) is 0 Å². The summed E-state index contributed by atoms with van der Waals surface area (Å²) in [5.41, 5.74) is 0. The third-order valence-corrected chi connectivity index (χ3v) is 2.26. The molecular formula is C13H19NO3. The van der Waals surface area contributed by atoms with E-state index in [1.807, 2.05) is 13.8 Å². The molecule has 0 aliphatic carbocycles. The molecule has 1 atom stereocenters. The lowest BCUT2D eigenvalue weighted by Gasteiger charge is -2.16. The van der Waals surface area contributed by atoms with Crippen molar-refractivity contribution in [2.75, 3.05) is 6.61 Å². The topological polar surface area (TPSA) is 62.5 Å². The van der Waals surface area contributed by atoms with Crippen molar-refractivity contribution < 1.29 is 14.3 Å². The summed E-state index contributed by atoms with van der Waals surface area (Å²) in [7, 11) is 0. The van der Waals surface area contributed by atoms with Gasteiger partial charge in [-0.3, -0.25) is 4.79 Å². The van der Waals surface area contributed by atoms with Crippen molar-refractivity contribution in [3.05, 3.63) is 30.2 Å². The molecule has 4 nitrogen and oxygen atoms in total. The molecule has 2 N–H and O–H groups in total. The van der Waals surface area contributed by atoms with Crippen molar-refractivity contribution in [1.29, 1.82) is 0 Å². The van der Waals surface area contributed by atoms with Crippen LogP contribution in [0.25, 0.3) is 6.08 Å². The first-order valence-corrected chi connectivity index (χ1v) is 5.74. The molecule has 4 heteroatoms. The van der Waals surface area contributed by atoms with Gasteiger partial charge in [0, 0.05) is 6.08 Å². The Morgan fingerprint density at radius 1 is 1.59 bits per heavy atom. The number of carbonyl (C=O) groups excluding carboxylic acids is 1. The van der Waals surface area contributed by atoms with E-state index in [2.05, 4.69) is 5.32 Å². The van der Waals surface area contributed by atoms with E-state index in [4.69, 9.17) is 9.52 Å². The second-order valence-electron chi connectivity index (χ2n) is 4.37. The van der Waals surface area contributed by atoms with E-state index in [9.17, 15) is 4.79 Å². The smallest absolute Gasteiger partial charge is 0.244 e. The summed E-state index contributed by atoms with van der Waals surface area (Å²) >= 11 is 0. The van der Waals surface area contributed by atoms with Crippen molar-refractivity contribution >= 4 is 12.0 Å². The Morgan fingerprint density at radius 3 is 2.88 bits per heavy atom. The molecule has 0 fully saturated rings. The molecule has 0 aliphatic heterocycles. The zero-order chi connectivity index (χ0) is 12.7. The Balaban J connectivity index is 2.42. The van der Waals surface area contributed by atoms with Crippen LogP contribution in [-0.2, 0) is 4.79 Å². The monoisotopic (exact) mass is 237 g/mol. The van der Waals surface area contributed by atoms with E-state index in [-0.39, 0.29) is 18.6 Å². The van der Waals surface area contributed by atoms with E-state index in [0.29, 0.717) is 11.7 Å². The van der Waals surface area contributed by atoms with Crippen LogP contribution in [0.15, 0.2) is 28.9 Å². The quantitative estimate of drug-likeness (QED) is 0.742. The Bertz CT molecular complexity index is 355. The van der Waals surface area contributed by atoms with E-state index >= 15 is 0 Å². The number of aliphatic hydroxyl groups excluding tert-OH is 1. The van der Waals surface area contributed by atoms with Crippen molar-refractivity contribution in [2.45, 2.75) is 26.3 Å². The minimum absolute atomic E-state index is 0.0431. The summed E-state index contributed by atoms with van der Waals surface area (Å²) in [6, 6.07) is 3.33. The SMILES string of the molecule is CC(C)CC(CO)NC(=O)/C=C/c1ccco1. The molecule has 0 bridgehead atoms. The van der Waals surface area contributed by atoms with Crippen LogP contribution in [0.5, 0.6) is 0 Å². The van der Waals surface area contributed by atoms with Crippen LogP contribution in [0.4, 0.5) is 0 Å². The average molecular weight is 237 g/mol. The van der Waals surface area contributed by atoms with Gasteiger partial charge in [-0.05, 0) is 30.5 Å². The zero-order valence-corrected chi connectivity index (χ0v) is 10.2. The standard InChI is InChI=1S/C13H19NO3/c1-10(2)8-11(9-15)14-13(16)6-5-12-4-3-7-17-12/h3-7,10-11,15H,8-9H2,1-2H3,(H,14,16)/b6-5+. The highest BCUT2D eigenvalue weighted by atomic mass is 16.3. The molecule has 94 valence electrons. The number of rotatable bonds is 6. The molecule has 0 spiro atoms. The first kappa shape index (κ1) is 13.5. The van der Waals surface area contributed by atoms with Gasteiger partial charge in [-0.15, -0.1) is 0 Å². The number of carbonyl (C=O) groups is 1. The number of nitrogens with one attached hydrogen (secondary N) is 1. The van der Waals surface area contributed by atoms with E-state index < -0.39 is 0 Å². The predicted molar refractivity (Wildman–Crippen MR) is 66.2 cm³/mol. The van der Waals surface area contributed by atoms with Crippen LogP contribution < -0.4 is 5.32 Å². The van der Waals surface area contributed by atoms with Gasteiger partial charge in [-0.2, -0.15) is 0 Å². The van der Waals surface area contributed by atoms with E-state index in [1.54, 1.807) is 24.5 Å². The van der Waals surface area contributed by atoms with Crippen molar-refractivity contribution in [1.82, 2.24) is 5.32 Å². The Labute approximate surface area is 101 Å². The Kier molecular flexibility index (Phi) is 5.49. The summed E-state index contributed by atoms with van der Waals surface area (Å²) in [4.78, 5) is 11.5. The molecule has 1 heterocycles. The van der Waals surface area contributed by atoms with Gasteiger partial charge in [0.15, 0.2) is 0 Å². The van der Waals surface area contributed by atoms with Gasteiger partial charge in [0.1, 0.15) is 5.76 Å². The van der Waals surface area contributed by atoms with Gasteiger partial charge < -0.3 is 14.8 Å². The number of amides is 1. The fourth-order valence-corrected chi connectivity index (χ4v) is 1.54. The Morgan fingerprint density at radius 2 is 2.35 bits per heavy atom. The van der Waals surface area contributed by atoms with E-state index in [0.717, 1.165) is 6.42 Å². The molecule has 1 aromatic heterocycles. The van der Waals surface area contributed by atoms with Crippen LogP contribution in [0.3, 0.4) is 0 Å². The van der Waals surface area contributed by atoms with Crippen molar-refractivity contribution in [3.8, 4) is 0 Å². The second-order valence-corrected chi connectivity index (χ2v) is 4.37. The highest BCUT2D eigenvalue weighted by Gasteiger charge is 2.11. The van der Waals surface area contributed by atoms with Crippen LogP contribution in [0.1, 0.15) is 26.0 Å². The van der Waals surface area contributed by atoms with Gasteiger partial charge in [-0.25, -0.2) is 0 Å². The summed E-state index contributed by atoms with van der Waals surface area (Å²) in [6.07, 6.45) is 5.31. The lowest BCUT2D eigenvalue weighted by atomic mass is 10.0. The third-order valence-electron chi connectivity index (χ3n) is 2.26.